The minimum absolute atomic E-state index is 0.280. The smallest absolute Gasteiger partial charge is 0.222 e. The van der Waals surface area contributed by atoms with Gasteiger partial charge in [0.05, 0.1) is 17.0 Å². The first kappa shape index (κ1) is 15.9. The zero-order chi connectivity index (χ0) is 16.2. The minimum atomic E-state index is 0.280. The van der Waals surface area contributed by atoms with E-state index in [0.717, 1.165) is 55.3 Å². The van der Waals surface area contributed by atoms with Crippen LogP contribution in [0.2, 0.25) is 0 Å². The molecular weight excluding hydrogens is 292 g/mol. The van der Waals surface area contributed by atoms with E-state index >= 15 is 0 Å². The highest BCUT2D eigenvalue weighted by molar-refractivity contribution is 5.61. The Balaban J connectivity index is 1.76. The normalized spacial score (nSPS) is 16.0. The molecule has 3 heterocycles. The van der Waals surface area contributed by atoms with Gasteiger partial charge in [0.15, 0.2) is 5.76 Å². The van der Waals surface area contributed by atoms with Gasteiger partial charge in [0.25, 0.3) is 0 Å². The third-order valence-corrected chi connectivity index (χ3v) is 4.15. The van der Waals surface area contributed by atoms with Crippen LogP contribution >= 0.6 is 0 Å². The average molecular weight is 316 g/mol. The Labute approximate surface area is 136 Å². The highest BCUT2D eigenvalue weighted by Gasteiger charge is 2.17. The van der Waals surface area contributed by atoms with Crippen LogP contribution in [0.3, 0.4) is 0 Å². The van der Waals surface area contributed by atoms with Crippen LogP contribution in [0, 0.1) is 12.8 Å². The number of anilines is 1. The van der Waals surface area contributed by atoms with Crippen molar-refractivity contribution in [1.29, 1.82) is 0 Å². The largest absolute Gasteiger partial charge is 0.381 e. The molecule has 6 nitrogen and oxygen atoms in total. The minimum Gasteiger partial charge on any atom is -0.381 e. The van der Waals surface area contributed by atoms with E-state index in [-0.39, 0.29) is 5.92 Å². The summed E-state index contributed by atoms with van der Waals surface area (Å²) in [7, 11) is 0. The Hall–Kier alpha value is -1.95. The zero-order valence-corrected chi connectivity index (χ0v) is 14.0. The van der Waals surface area contributed by atoms with Gasteiger partial charge in [0.1, 0.15) is 0 Å². The molecule has 1 N–H and O–H groups in total. The van der Waals surface area contributed by atoms with E-state index in [1.54, 1.807) is 0 Å². The molecule has 0 aliphatic carbocycles. The molecular formula is C17H24N4O2. The molecule has 0 saturated carbocycles. The van der Waals surface area contributed by atoms with Crippen LogP contribution in [-0.2, 0) is 4.74 Å². The lowest BCUT2D eigenvalue weighted by molar-refractivity contribution is 0.0699. The van der Waals surface area contributed by atoms with E-state index in [9.17, 15) is 0 Å². The molecule has 0 aromatic carbocycles. The van der Waals surface area contributed by atoms with Crippen molar-refractivity contribution in [2.45, 2.75) is 39.5 Å². The van der Waals surface area contributed by atoms with Crippen molar-refractivity contribution in [3.63, 3.8) is 0 Å². The molecule has 1 saturated heterocycles. The number of aryl methyl sites for hydroxylation is 1. The maximum absolute atomic E-state index is 5.39. The lowest BCUT2D eigenvalue weighted by Gasteiger charge is -2.22. The van der Waals surface area contributed by atoms with Crippen LogP contribution in [0.25, 0.3) is 11.3 Å². The third-order valence-electron chi connectivity index (χ3n) is 4.15. The molecule has 124 valence electrons. The molecule has 0 amide bonds. The number of rotatable bonds is 5. The standard InChI is InChI=1S/C17H24N4O2/c1-11(2)16-14(15-8-12(3)21-23-15)10-19-17(20-16)18-9-13-4-6-22-7-5-13/h8,10-11,13H,4-7,9H2,1-3H3,(H,18,19,20). The van der Waals surface area contributed by atoms with Gasteiger partial charge in [-0.1, -0.05) is 19.0 Å². The molecule has 1 fully saturated rings. The molecule has 0 spiro atoms. The second-order valence-electron chi connectivity index (χ2n) is 6.42. The fourth-order valence-corrected chi connectivity index (χ4v) is 2.79. The summed E-state index contributed by atoms with van der Waals surface area (Å²) in [5, 5.41) is 7.32. The molecule has 0 atom stereocenters. The summed E-state index contributed by atoms with van der Waals surface area (Å²) < 4.78 is 10.8. The molecule has 1 aliphatic rings. The summed E-state index contributed by atoms with van der Waals surface area (Å²) in [4.78, 5) is 9.15. The van der Waals surface area contributed by atoms with Crippen molar-refractivity contribution in [3.05, 3.63) is 23.7 Å². The zero-order valence-electron chi connectivity index (χ0n) is 14.0. The van der Waals surface area contributed by atoms with Crippen LogP contribution in [0.5, 0.6) is 0 Å². The molecule has 2 aromatic heterocycles. The maximum Gasteiger partial charge on any atom is 0.222 e. The quantitative estimate of drug-likeness (QED) is 0.911. The molecule has 0 bridgehead atoms. The van der Waals surface area contributed by atoms with E-state index < -0.39 is 0 Å². The molecule has 23 heavy (non-hydrogen) atoms. The van der Waals surface area contributed by atoms with Gasteiger partial charge < -0.3 is 14.6 Å². The number of ether oxygens (including phenoxy) is 1. The number of aromatic nitrogens is 3. The lowest BCUT2D eigenvalue weighted by Crippen LogP contribution is -2.23. The summed E-state index contributed by atoms with van der Waals surface area (Å²) in [5.74, 6) is 2.32. The van der Waals surface area contributed by atoms with Gasteiger partial charge in [-0.3, -0.25) is 0 Å². The van der Waals surface area contributed by atoms with Crippen LogP contribution in [0.15, 0.2) is 16.8 Å². The summed E-state index contributed by atoms with van der Waals surface area (Å²) in [6.45, 7) is 8.76. The molecule has 0 unspecified atom stereocenters. The lowest BCUT2D eigenvalue weighted by atomic mass is 10.0. The number of nitrogens with one attached hydrogen (secondary N) is 1. The SMILES string of the molecule is Cc1cc(-c2cnc(NCC3CCOCC3)nc2C(C)C)on1. The Kier molecular flexibility index (Phi) is 4.91. The second-order valence-corrected chi connectivity index (χ2v) is 6.42. The number of hydrogen-bond donors (Lipinski definition) is 1. The van der Waals surface area contributed by atoms with Crippen molar-refractivity contribution in [2.24, 2.45) is 5.92 Å². The summed E-state index contributed by atoms with van der Waals surface area (Å²) in [6, 6.07) is 1.92. The third kappa shape index (κ3) is 3.88. The highest BCUT2D eigenvalue weighted by Crippen LogP contribution is 2.28. The Morgan fingerprint density at radius 2 is 2.09 bits per heavy atom. The topological polar surface area (TPSA) is 73.1 Å². The van der Waals surface area contributed by atoms with Gasteiger partial charge in [-0.05, 0) is 31.6 Å². The van der Waals surface area contributed by atoms with Gasteiger partial charge in [-0.2, -0.15) is 0 Å². The number of hydrogen-bond acceptors (Lipinski definition) is 6. The van der Waals surface area contributed by atoms with Gasteiger partial charge in [-0.15, -0.1) is 0 Å². The monoisotopic (exact) mass is 316 g/mol. The highest BCUT2D eigenvalue weighted by atomic mass is 16.5. The van der Waals surface area contributed by atoms with Crippen molar-refractivity contribution < 1.29 is 9.26 Å². The van der Waals surface area contributed by atoms with E-state index in [4.69, 9.17) is 14.2 Å². The van der Waals surface area contributed by atoms with Gasteiger partial charge in [0.2, 0.25) is 5.95 Å². The first-order valence-electron chi connectivity index (χ1n) is 8.25. The van der Waals surface area contributed by atoms with Gasteiger partial charge in [0, 0.05) is 32.0 Å². The van der Waals surface area contributed by atoms with E-state index in [2.05, 4.69) is 29.3 Å². The molecule has 0 radical (unpaired) electrons. The first-order valence-corrected chi connectivity index (χ1v) is 8.25. The molecule has 6 heteroatoms. The predicted octanol–water partition coefficient (Wildman–Crippen LogP) is 3.40. The van der Waals surface area contributed by atoms with Crippen LogP contribution in [0.4, 0.5) is 5.95 Å². The molecule has 1 aliphatic heterocycles. The molecule has 2 aromatic rings. The van der Waals surface area contributed by atoms with Gasteiger partial charge >= 0.3 is 0 Å². The van der Waals surface area contributed by atoms with E-state index in [1.807, 2.05) is 19.2 Å². The Morgan fingerprint density at radius 3 is 2.74 bits per heavy atom. The average Bonchev–Trinajstić information content (AvgIpc) is 3.00. The first-order chi connectivity index (χ1) is 11.1. The summed E-state index contributed by atoms with van der Waals surface area (Å²) in [5.41, 5.74) is 2.75. The fourth-order valence-electron chi connectivity index (χ4n) is 2.79. The van der Waals surface area contributed by atoms with Crippen molar-refractivity contribution in [3.8, 4) is 11.3 Å². The van der Waals surface area contributed by atoms with E-state index in [0.29, 0.717) is 11.9 Å². The molecule has 3 rings (SSSR count). The Bertz CT molecular complexity index is 648. The summed E-state index contributed by atoms with van der Waals surface area (Å²) >= 11 is 0. The van der Waals surface area contributed by atoms with Gasteiger partial charge in [-0.25, -0.2) is 9.97 Å². The summed E-state index contributed by atoms with van der Waals surface area (Å²) in [6.07, 6.45) is 4.02. The van der Waals surface area contributed by atoms with E-state index in [1.165, 1.54) is 0 Å². The van der Waals surface area contributed by atoms with Crippen molar-refractivity contribution in [2.75, 3.05) is 25.1 Å². The Morgan fingerprint density at radius 1 is 1.30 bits per heavy atom. The van der Waals surface area contributed by atoms with Crippen LogP contribution in [-0.4, -0.2) is 34.9 Å². The fraction of sp³-hybridized carbons (Fsp3) is 0.588. The van der Waals surface area contributed by atoms with Crippen molar-refractivity contribution in [1.82, 2.24) is 15.1 Å². The number of nitrogens with zero attached hydrogens (tertiary/aromatic N) is 3. The maximum atomic E-state index is 5.39. The van der Waals surface area contributed by atoms with Crippen LogP contribution in [0.1, 0.15) is 44.0 Å². The second kappa shape index (κ2) is 7.08. The predicted molar refractivity (Wildman–Crippen MR) is 88.4 cm³/mol. The van der Waals surface area contributed by atoms with Crippen molar-refractivity contribution >= 4 is 5.95 Å². The van der Waals surface area contributed by atoms with Crippen LogP contribution < -0.4 is 5.32 Å².